The van der Waals surface area contributed by atoms with E-state index in [1.807, 2.05) is 12.2 Å². The quantitative estimate of drug-likeness (QED) is 0.545. The summed E-state index contributed by atoms with van der Waals surface area (Å²) in [5, 5.41) is 8.63. The first-order chi connectivity index (χ1) is 9.69. The summed E-state index contributed by atoms with van der Waals surface area (Å²) in [6.45, 7) is 4.37. The Morgan fingerprint density at radius 1 is 1.25 bits per heavy atom. The number of nitrogens with zero attached hydrogens (tertiary/aromatic N) is 2. The zero-order chi connectivity index (χ0) is 14.4. The number of methoxy groups -OCH3 is 1. The van der Waals surface area contributed by atoms with Crippen LogP contribution in [0.25, 0.3) is 0 Å². The molecule has 0 bridgehead atoms. The van der Waals surface area contributed by atoms with Crippen molar-refractivity contribution in [2.45, 2.75) is 39.5 Å². The lowest BCUT2D eigenvalue weighted by atomic mass is 9.98. The highest BCUT2D eigenvalue weighted by atomic mass is 16.5. The van der Waals surface area contributed by atoms with Gasteiger partial charge in [0, 0.05) is 18.8 Å². The lowest BCUT2D eigenvalue weighted by Gasteiger charge is -2.17. The van der Waals surface area contributed by atoms with E-state index in [9.17, 15) is 0 Å². The third-order valence-corrected chi connectivity index (χ3v) is 3.63. The molecular weight excluding hydrogens is 248 g/mol. The van der Waals surface area contributed by atoms with Crippen molar-refractivity contribution in [2.75, 3.05) is 7.11 Å². The SMILES string of the molecule is COC1=CC=C(N=N/C2=C/CCC(C)CC#C2)C[C@H]1C. The molecule has 0 fully saturated rings. The molecule has 2 aliphatic carbocycles. The van der Waals surface area contributed by atoms with Crippen LogP contribution in [0.1, 0.15) is 39.5 Å². The molecule has 0 aliphatic heterocycles. The van der Waals surface area contributed by atoms with Gasteiger partial charge in [0.05, 0.1) is 18.6 Å². The Balaban J connectivity index is 2.03. The molecule has 20 heavy (non-hydrogen) atoms. The summed E-state index contributed by atoms with van der Waals surface area (Å²) < 4.78 is 5.30. The van der Waals surface area contributed by atoms with Crippen molar-refractivity contribution in [3.05, 3.63) is 35.4 Å². The van der Waals surface area contributed by atoms with E-state index < -0.39 is 0 Å². The minimum Gasteiger partial charge on any atom is -0.501 e. The maximum Gasteiger partial charge on any atom is 0.131 e. The third kappa shape index (κ3) is 4.09. The average molecular weight is 270 g/mol. The van der Waals surface area contributed by atoms with Crippen molar-refractivity contribution in [3.8, 4) is 11.8 Å². The number of rotatable bonds is 3. The standard InChI is InChI=1S/C17H22N2O/c1-13-6-4-8-15(9-5-7-13)18-19-16-10-11-17(20-3)14(2)12-16/h8,10-11,13-14H,4,6-7,12H2,1-3H3/b15-8+,19-18?/t13?,14-/m1/s1. The van der Waals surface area contributed by atoms with Crippen LogP contribution in [0.15, 0.2) is 45.6 Å². The van der Waals surface area contributed by atoms with Gasteiger partial charge in [-0.2, -0.15) is 5.11 Å². The maximum atomic E-state index is 5.30. The van der Waals surface area contributed by atoms with Gasteiger partial charge in [-0.15, -0.1) is 5.11 Å². The van der Waals surface area contributed by atoms with Gasteiger partial charge in [0.2, 0.25) is 0 Å². The molecular formula is C17H22N2O. The molecule has 2 aliphatic rings. The molecule has 0 saturated carbocycles. The molecule has 3 nitrogen and oxygen atoms in total. The van der Waals surface area contributed by atoms with Gasteiger partial charge in [-0.1, -0.05) is 19.8 Å². The van der Waals surface area contributed by atoms with Gasteiger partial charge in [-0.3, -0.25) is 0 Å². The van der Waals surface area contributed by atoms with Crippen LogP contribution in [0.3, 0.4) is 0 Å². The van der Waals surface area contributed by atoms with Crippen LogP contribution < -0.4 is 0 Å². The van der Waals surface area contributed by atoms with E-state index in [4.69, 9.17) is 4.74 Å². The third-order valence-electron chi connectivity index (χ3n) is 3.63. The van der Waals surface area contributed by atoms with E-state index in [2.05, 4.69) is 42.0 Å². The van der Waals surface area contributed by atoms with Crippen LogP contribution in [0.4, 0.5) is 0 Å². The molecule has 0 heterocycles. The molecule has 3 heteroatoms. The first-order valence-electron chi connectivity index (χ1n) is 7.24. The number of allylic oxidation sites excluding steroid dienone is 6. The van der Waals surface area contributed by atoms with Crippen LogP contribution in [-0.2, 0) is 4.74 Å². The fourth-order valence-corrected chi connectivity index (χ4v) is 2.33. The minimum absolute atomic E-state index is 0.359. The summed E-state index contributed by atoms with van der Waals surface area (Å²) in [6.07, 6.45) is 10.1. The van der Waals surface area contributed by atoms with Crippen molar-refractivity contribution < 1.29 is 4.74 Å². The number of ether oxygens (including phenoxy) is 1. The van der Waals surface area contributed by atoms with Crippen molar-refractivity contribution in [1.82, 2.24) is 0 Å². The van der Waals surface area contributed by atoms with Crippen molar-refractivity contribution in [3.63, 3.8) is 0 Å². The van der Waals surface area contributed by atoms with E-state index in [-0.39, 0.29) is 0 Å². The van der Waals surface area contributed by atoms with Gasteiger partial charge in [-0.25, -0.2) is 0 Å². The van der Waals surface area contributed by atoms with Crippen LogP contribution in [0.5, 0.6) is 0 Å². The van der Waals surface area contributed by atoms with Crippen LogP contribution >= 0.6 is 0 Å². The van der Waals surface area contributed by atoms with Gasteiger partial charge >= 0.3 is 0 Å². The highest BCUT2D eigenvalue weighted by molar-refractivity contribution is 5.29. The number of azo groups is 1. The second-order valence-corrected chi connectivity index (χ2v) is 5.51. The molecule has 0 N–H and O–H groups in total. The van der Waals surface area contributed by atoms with Crippen LogP contribution in [0.2, 0.25) is 0 Å². The fourth-order valence-electron chi connectivity index (χ4n) is 2.33. The molecule has 1 unspecified atom stereocenters. The van der Waals surface area contributed by atoms with Gasteiger partial charge in [-0.05, 0) is 42.9 Å². The molecule has 2 rings (SSSR count). The Labute approximate surface area is 121 Å². The summed E-state index contributed by atoms with van der Waals surface area (Å²) in [4.78, 5) is 0. The summed E-state index contributed by atoms with van der Waals surface area (Å²) in [5.41, 5.74) is 1.78. The lowest BCUT2D eigenvalue weighted by Crippen LogP contribution is -2.05. The summed E-state index contributed by atoms with van der Waals surface area (Å²) in [7, 11) is 1.71. The summed E-state index contributed by atoms with van der Waals surface area (Å²) >= 11 is 0. The first-order valence-corrected chi connectivity index (χ1v) is 7.24. The van der Waals surface area contributed by atoms with Crippen LogP contribution in [0, 0.1) is 23.7 Å². The topological polar surface area (TPSA) is 34.0 Å². The molecule has 106 valence electrons. The predicted molar refractivity (Wildman–Crippen MR) is 80.7 cm³/mol. The fraction of sp³-hybridized carbons (Fsp3) is 0.529. The second kappa shape index (κ2) is 7.09. The molecule has 0 aromatic carbocycles. The molecule has 0 saturated heterocycles. The Morgan fingerprint density at radius 2 is 2.10 bits per heavy atom. The van der Waals surface area contributed by atoms with E-state index in [1.54, 1.807) is 7.11 Å². The van der Waals surface area contributed by atoms with Crippen molar-refractivity contribution in [2.24, 2.45) is 22.1 Å². The smallest absolute Gasteiger partial charge is 0.131 e. The first kappa shape index (κ1) is 14.6. The van der Waals surface area contributed by atoms with Crippen molar-refractivity contribution >= 4 is 0 Å². The Hall–Kier alpha value is -1.82. The molecule has 2 atom stereocenters. The highest BCUT2D eigenvalue weighted by Crippen LogP contribution is 2.26. The Morgan fingerprint density at radius 3 is 2.85 bits per heavy atom. The zero-order valence-electron chi connectivity index (χ0n) is 12.5. The predicted octanol–water partition coefficient (Wildman–Crippen LogP) is 4.60. The Kier molecular flexibility index (Phi) is 5.17. The van der Waals surface area contributed by atoms with Crippen molar-refractivity contribution in [1.29, 1.82) is 0 Å². The normalized spacial score (nSPS) is 29.2. The van der Waals surface area contributed by atoms with Gasteiger partial charge in [0.25, 0.3) is 0 Å². The molecule has 0 amide bonds. The minimum atomic E-state index is 0.359. The van der Waals surface area contributed by atoms with Gasteiger partial charge < -0.3 is 4.74 Å². The second-order valence-electron chi connectivity index (χ2n) is 5.51. The highest BCUT2D eigenvalue weighted by Gasteiger charge is 2.15. The molecule has 0 aromatic rings. The number of hydrogen-bond donors (Lipinski definition) is 0. The van der Waals surface area contributed by atoms with E-state index >= 15 is 0 Å². The summed E-state index contributed by atoms with van der Waals surface area (Å²) in [5.74, 6) is 8.32. The van der Waals surface area contributed by atoms with E-state index in [0.29, 0.717) is 11.8 Å². The lowest BCUT2D eigenvalue weighted by molar-refractivity contribution is 0.244. The van der Waals surface area contributed by atoms with E-state index in [0.717, 1.165) is 36.4 Å². The van der Waals surface area contributed by atoms with Crippen LogP contribution in [-0.4, -0.2) is 7.11 Å². The largest absolute Gasteiger partial charge is 0.501 e. The van der Waals surface area contributed by atoms with Gasteiger partial charge in [0.1, 0.15) is 5.70 Å². The Bertz CT molecular complexity index is 529. The maximum absolute atomic E-state index is 5.30. The molecule has 0 radical (unpaired) electrons. The average Bonchev–Trinajstić information content (AvgIpc) is 2.41. The summed E-state index contributed by atoms with van der Waals surface area (Å²) in [6, 6.07) is 0. The molecule has 0 aromatic heterocycles. The zero-order valence-corrected chi connectivity index (χ0v) is 12.5. The van der Waals surface area contributed by atoms with E-state index in [1.165, 1.54) is 6.42 Å². The van der Waals surface area contributed by atoms with Gasteiger partial charge in [0.15, 0.2) is 0 Å². The molecule has 0 spiro atoms. The monoisotopic (exact) mass is 270 g/mol. The number of hydrogen-bond acceptors (Lipinski definition) is 3.